The standard InChI is InChI=1S/C14H27NO/c1-3-4-5-10-16-13-11-14(12-13)6-8-15(2)9-7-14/h13H,3-12H2,1-2H3. The molecule has 1 saturated carbocycles. The van der Waals surface area contributed by atoms with Crippen LogP contribution in [0.15, 0.2) is 0 Å². The van der Waals surface area contributed by atoms with E-state index in [-0.39, 0.29) is 0 Å². The third-order valence-corrected chi connectivity index (χ3v) is 4.47. The molecule has 1 aliphatic carbocycles. The van der Waals surface area contributed by atoms with Crippen LogP contribution in [-0.2, 0) is 4.74 Å². The molecule has 0 aromatic carbocycles. The normalized spacial score (nSPS) is 25.9. The largest absolute Gasteiger partial charge is 0.378 e. The fourth-order valence-corrected chi connectivity index (χ4v) is 3.13. The van der Waals surface area contributed by atoms with Gasteiger partial charge in [-0.3, -0.25) is 0 Å². The summed E-state index contributed by atoms with van der Waals surface area (Å²) in [5.74, 6) is 0. The molecule has 1 saturated heterocycles. The highest BCUT2D eigenvalue weighted by Gasteiger charge is 2.45. The van der Waals surface area contributed by atoms with E-state index in [4.69, 9.17) is 4.74 Å². The average molecular weight is 225 g/mol. The van der Waals surface area contributed by atoms with Gasteiger partial charge in [-0.05, 0) is 57.7 Å². The van der Waals surface area contributed by atoms with Crippen molar-refractivity contribution < 1.29 is 4.74 Å². The first-order valence-corrected chi connectivity index (χ1v) is 7.04. The van der Waals surface area contributed by atoms with Gasteiger partial charge in [-0.25, -0.2) is 0 Å². The minimum atomic E-state index is 0.597. The molecule has 94 valence electrons. The van der Waals surface area contributed by atoms with Crippen molar-refractivity contribution in [3.05, 3.63) is 0 Å². The highest BCUT2D eigenvalue weighted by molar-refractivity contribution is 4.97. The number of likely N-dealkylation sites (tertiary alicyclic amines) is 1. The summed E-state index contributed by atoms with van der Waals surface area (Å²) in [6.07, 6.45) is 9.95. The van der Waals surface area contributed by atoms with E-state index in [1.54, 1.807) is 0 Å². The highest BCUT2D eigenvalue weighted by atomic mass is 16.5. The Labute approximate surface area is 100 Å². The average Bonchev–Trinajstić information content (AvgIpc) is 2.24. The molecule has 1 heterocycles. The quantitative estimate of drug-likeness (QED) is 0.667. The SMILES string of the molecule is CCCCCOC1CC2(CCN(C)CC2)C1. The highest BCUT2D eigenvalue weighted by Crippen LogP contribution is 2.50. The minimum Gasteiger partial charge on any atom is -0.378 e. The molecule has 2 heteroatoms. The van der Waals surface area contributed by atoms with E-state index in [0.717, 1.165) is 6.61 Å². The maximum Gasteiger partial charge on any atom is 0.0585 e. The Kier molecular flexibility index (Phi) is 4.26. The fourth-order valence-electron chi connectivity index (χ4n) is 3.13. The molecule has 0 bridgehead atoms. The maximum absolute atomic E-state index is 5.92. The van der Waals surface area contributed by atoms with Gasteiger partial charge in [-0.15, -0.1) is 0 Å². The second kappa shape index (κ2) is 5.50. The number of hydrogen-bond acceptors (Lipinski definition) is 2. The molecule has 2 nitrogen and oxygen atoms in total. The summed E-state index contributed by atoms with van der Waals surface area (Å²) in [7, 11) is 2.24. The summed E-state index contributed by atoms with van der Waals surface area (Å²) >= 11 is 0. The van der Waals surface area contributed by atoms with Crippen LogP contribution in [0.2, 0.25) is 0 Å². The molecule has 0 radical (unpaired) electrons. The monoisotopic (exact) mass is 225 g/mol. The summed E-state index contributed by atoms with van der Waals surface area (Å²) in [4.78, 5) is 2.46. The van der Waals surface area contributed by atoms with E-state index in [0.29, 0.717) is 11.5 Å². The minimum absolute atomic E-state index is 0.597. The van der Waals surface area contributed by atoms with E-state index in [1.807, 2.05) is 0 Å². The van der Waals surface area contributed by atoms with Gasteiger partial charge in [0.05, 0.1) is 6.10 Å². The molecule has 0 atom stereocenters. The van der Waals surface area contributed by atoms with E-state index in [1.165, 1.54) is 58.0 Å². The molecular weight excluding hydrogens is 198 g/mol. The van der Waals surface area contributed by atoms with Crippen molar-refractivity contribution in [2.24, 2.45) is 5.41 Å². The van der Waals surface area contributed by atoms with E-state index in [2.05, 4.69) is 18.9 Å². The van der Waals surface area contributed by atoms with E-state index in [9.17, 15) is 0 Å². The zero-order chi connectivity index (χ0) is 11.4. The summed E-state index contributed by atoms with van der Waals surface area (Å²) < 4.78 is 5.92. The first-order valence-electron chi connectivity index (χ1n) is 7.04. The third kappa shape index (κ3) is 2.98. The van der Waals surface area contributed by atoms with Gasteiger partial charge in [0.2, 0.25) is 0 Å². The van der Waals surface area contributed by atoms with Gasteiger partial charge in [0, 0.05) is 6.61 Å². The molecule has 2 fully saturated rings. The summed E-state index contributed by atoms with van der Waals surface area (Å²) in [5.41, 5.74) is 0.682. The van der Waals surface area contributed by atoms with Crippen molar-refractivity contribution >= 4 is 0 Å². The lowest BCUT2D eigenvalue weighted by Gasteiger charge is -2.51. The molecule has 0 aromatic heterocycles. The number of hydrogen-bond donors (Lipinski definition) is 0. The zero-order valence-electron chi connectivity index (χ0n) is 11.0. The lowest BCUT2D eigenvalue weighted by molar-refractivity contribution is -0.103. The van der Waals surface area contributed by atoms with E-state index < -0.39 is 0 Å². The van der Waals surface area contributed by atoms with E-state index >= 15 is 0 Å². The van der Waals surface area contributed by atoms with Gasteiger partial charge in [0.15, 0.2) is 0 Å². The molecule has 0 N–H and O–H groups in total. The Hall–Kier alpha value is -0.0800. The molecule has 2 rings (SSSR count). The van der Waals surface area contributed by atoms with Gasteiger partial charge in [0.1, 0.15) is 0 Å². The number of unbranched alkanes of at least 4 members (excludes halogenated alkanes) is 2. The van der Waals surface area contributed by atoms with Crippen LogP contribution >= 0.6 is 0 Å². The number of ether oxygens (including phenoxy) is 1. The van der Waals surface area contributed by atoms with Crippen LogP contribution in [0.5, 0.6) is 0 Å². The van der Waals surface area contributed by atoms with Crippen LogP contribution in [0, 0.1) is 5.41 Å². The number of nitrogens with zero attached hydrogens (tertiary/aromatic N) is 1. The second-order valence-electron chi connectivity index (χ2n) is 5.91. The predicted octanol–water partition coefficient (Wildman–Crippen LogP) is 3.07. The van der Waals surface area contributed by atoms with Crippen LogP contribution in [-0.4, -0.2) is 37.7 Å². The van der Waals surface area contributed by atoms with Gasteiger partial charge >= 0.3 is 0 Å². The van der Waals surface area contributed by atoms with Crippen LogP contribution < -0.4 is 0 Å². The van der Waals surface area contributed by atoms with Gasteiger partial charge in [0.25, 0.3) is 0 Å². The van der Waals surface area contributed by atoms with Crippen molar-refractivity contribution in [1.82, 2.24) is 4.90 Å². The lowest BCUT2D eigenvalue weighted by atomic mass is 9.61. The first-order chi connectivity index (χ1) is 7.74. The van der Waals surface area contributed by atoms with Crippen LogP contribution in [0.1, 0.15) is 51.9 Å². The van der Waals surface area contributed by atoms with Crippen LogP contribution in [0.25, 0.3) is 0 Å². The predicted molar refractivity (Wildman–Crippen MR) is 67.7 cm³/mol. The van der Waals surface area contributed by atoms with Crippen molar-refractivity contribution in [3.63, 3.8) is 0 Å². The van der Waals surface area contributed by atoms with Crippen molar-refractivity contribution in [2.75, 3.05) is 26.7 Å². The molecule has 16 heavy (non-hydrogen) atoms. The topological polar surface area (TPSA) is 12.5 Å². The molecule has 0 unspecified atom stereocenters. The summed E-state index contributed by atoms with van der Waals surface area (Å²) in [6, 6.07) is 0. The molecule has 1 spiro atoms. The van der Waals surface area contributed by atoms with Gasteiger partial charge in [-0.1, -0.05) is 19.8 Å². The second-order valence-corrected chi connectivity index (χ2v) is 5.91. The molecule has 0 amide bonds. The van der Waals surface area contributed by atoms with Crippen molar-refractivity contribution in [2.45, 2.75) is 58.0 Å². The maximum atomic E-state index is 5.92. The molecular formula is C14H27NO. The number of piperidine rings is 1. The van der Waals surface area contributed by atoms with Crippen molar-refractivity contribution in [1.29, 1.82) is 0 Å². The number of rotatable bonds is 5. The van der Waals surface area contributed by atoms with Crippen LogP contribution in [0.3, 0.4) is 0 Å². The van der Waals surface area contributed by atoms with Gasteiger partial charge in [-0.2, -0.15) is 0 Å². The summed E-state index contributed by atoms with van der Waals surface area (Å²) in [5, 5.41) is 0. The third-order valence-electron chi connectivity index (χ3n) is 4.47. The molecule has 1 aliphatic heterocycles. The molecule has 0 aromatic rings. The fraction of sp³-hybridized carbons (Fsp3) is 1.00. The van der Waals surface area contributed by atoms with Gasteiger partial charge < -0.3 is 9.64 Å². The zero-order valence-corrected chi connectivity index (χ0v) is 11.0. The van der Waals surface area contributed by atoms with Crippen molar-refractivity contribution in [3.8, 4) is 0 Å². The van der Waals surface area contributed by atoms with Crippen LogP contribution in [0.4, 0.5) is 0 Å². The molecule has 2 aliphatic rings. The Balaban J connectivity index is 1.58. The Morgan fingerprint density at radius 2 is 1.88 bits per heavy atom. The Morgan fingerprint density at radius 1 is 1.19 bits per heavy atom. The lowest BCUT2D eigenvalue weighted by Crippen LogP contribution is -2.49. The first kappa shape index (κ1) is 12.4. The Morgan fingerprint density at radius 3 is 2.50 bits per heavy atom. The summed E-state index contributed by atoms with van der Waals surface area (Å²) in [6.45, 7) is 5.83. The smallest absolute Gasteiger partial charge is 0.0585 e. The Bertz CT molecular complexity index is 201.